The van der Waals surface area contributed by atoms with Crippen molar-refractivity contribution in [1.29, 1.82) is 5.26 Å². The highest BCUT2D eigenvalue weighted by Gasteiger charge is 2.08. The number of halogens is 1. The van der Waals surface area contributed by atoms with Crippen molar-refractivity contribution in [3.63, 3.8) is 0 Å². The molecule has 0 heterocycles. The fourth-order valence-corrected chi connectivity index (χ4v) is 2.16. The average Bonchev–Trinajstić information content (AvgIpc) is 2.52. The van der Waals surface area contributed by atoms with Crippen LogP contribution in [0.2, 0.25) is 0 Å². The summed E-state index contributed by atoms with van der Waals surface area (Å²) in [4.78, 5) is 12.0. The summed E-state index contributed by atoms with van der Waals surface area (Å²) in [6, 6.07) is 16.2. The second-order valence-corrected chi connectivity index (χ2v) is 5.16. The minimum Gasteiger partial charge on any atom is -0.267 e. The van der Waals surface area contributed by atoms with Crippen LogP contribution in [0.4, 0.5) is 0 Å². The highest BCUT2D eigenvalue weighted by molar-refractivity contribution is 9.10. The van der Waals surface area contributed by atoms with Crippen LogP contribution in [0.25, 0.3) is 0 Å². The summed E-state index contributed by atoms with van der Waals surface area (Å²) >= 11 is 3.32. The predicted octanol–water partition coefficient (Wildman–Crippen LogP) is 3.47. The van der Waals surface area contributed by atoms with Crippen LogP contribution >= 0.6 is 15.9 Å². The molecule has 2 aromatic carbocycles. The maximum atomic E-state index is 12.0. The molecule has 0 saturated carbocycles. The van der Waals surface area contributed by atoms with Crippen molar-refractivity contribution in [3.8, 4) is 6.07 Å². The first-order valence-corrected chi connectivity index (χ1v) is 7.01. The molecular weight excluding hydrogens is 330 g/mol. The lowest BCUT2D eigenvalue weighted by Crippen LogP contribution is -2.19. The molecule has 1 amide bonds. The summed E-state index contributed by atoms with van der Waals surface area (Å²) in [5.41, 5.74) is 5.14. The molecule has 0 bridgehead atoms. The van der Waals surface area contributed by atoms with E-state index in [2.05, 4.69) is 32.5 Å². The van der Waals surface area contributed by atoms with E-state index in [-0.39, 0.29) is 5.91 Å². The van der Waals surface area contributed by atoms with Gasteiger partial charge in [-0.3, -0.25) is 4.79 Å². The van der Waals surface area contributed by atoms with Gasteiger partial charge in [0.2, 0.25) is 0 Å². The van der Waals surface area contributed by atoms with Gasteiger partial charge >= 0.3 is 0 Å². The van der Waals surface area contributed by atoms with E-state index in [1.807, 2.05) is 6.07 Å². The van der Waals surface area contributed by atoms with Gasteiger partial charge in [0.05, 0.1) is 22.9 Å². The summed E-state index contributed by atoms with van der Waals surface area (Å²) in [5, 5.41) is 12.8. The molecule has 2 aromatic rings. The zero-order valence-corrected chi connectivity index (χ0v) is 12.9. The summed E-state index contributed by atoms with van der Waals surface area (Å²) in [6.45, 7) is 1.79. The van der Waals surface area contributed by atoms with Crippen LogP contribution in [-0.2, 0) is 0 Å². The van der Waals surface area contributed by atoms with Gasteiger partial charge in [-0.05, 0) is 52.7 Å². The highest BCUT2D eigenvalue weighted by atomic mass is 79.9. The van der Waals surface area contributed by atoms with Crippen LogP contribution in [0.3, 0.4) is 0 Å². The van der Waals surface area contributed by atoms with E-state index in [1.54, 1.807) is 49.4 Å². The van der Waals surface area contributed by atoms with E-state index in [4.69, 9.17) is 5.26 Å². The lowest BCUT2D eigenvalue weighted by Gasteiger charge is -2.04. The van der Waals surface area contributed by atoms with Gasteiger partial charge in [0.1, 0.15) is 0 Å². The minimum atomic E-state index is -0.282. The first-order chi connectivity index (χ1) is 10.1. The zero-order chi connectivity index (χ0) is 15.2. The second kappa shape index (κ2) is 6.82. The van der Waals surface area contributed by atoms with Gasteiger partial charge in [-0.15, -0.1) is 0 Å². The zero-order valence-electron chi connectivity index (χ0n) is 11.3. The summed E-state index contributed by atoms with van der Waals surface area (Å²) in [5.74, 6) is -0.282. The monoisotopic (exact) mass is 341 g/mol. The largest absolute Gasteiger partial charge is 0.272 e. The predicted molar refractivity (Wildman–Crippen MR) is 85.0 cm³/mol. The van der Waals surface area contributed by atoms with Gasteiger partial charge in [0.15, 0.2) is 0 Å². The molecule has 21 heavy (non-hydrogen) atoms. The normalized spacial score (nSPS) is 10.8. The van der Waals surface area contributed by atoms with Gasteiger partial charge in [-0.1, -0.05) is 24.3 Å². The number of hydrogen-bond donors (Lipinski definition) is 1. The number of rotatable bonds is 3. The molecule has 104 valence electrons. The summed E-state index contributed by atoms with van der Waals surface area (Å²) < 4.78 is 0.716. The Hall–Kier alpha value is -2.45. The number of hydrogen-bond acceptors (Lipinski definition) is 3. The molecule has 2 rings (SSSR count). The molecule has 0 aliphatic rings. The molecular formula is C16H12BrN3O. The van der Waals surface area contributed by atoms with Crippen molar-refractivity contribution in [1.82, 2.24) is 5.43 Å². The van der Waals surface area contributed by atoms with Crippen molar-refractivity contribution < 1.29 is 4.79 Å². The number of nitriles is 1. The lowest BCUT2D eigenvalue weighted by molar-refractivity contribution is 0.0954. The van der Waals surface area contributed by atoms with Gasteiger partial charge in [0, 0.05) is 4.47 Å². The minimum absolute atomic E-state index is 0.282. The van der Waals surface area contributed by atoms with Crippen LogP contribution < -0.4 is 5.43 Å². The molecule has 0 aromatic heterocycles. The Balaban J connectivity index is 2.11. The molecule has 0 saturated heterocycles. The number of amides is 1. The van der Waals surface area contributed by atoms with Gasteiger partial charge in [-0.2, -0.15) is 10.4 Å². The number of nitrogens with one attached hydrogen (secondary N) is 1. The van der Waals surface area contributed by atoms with Crippen LogP contribution in [0.5, 0.6) is 0 Å². The third kappa shape index (κ3) is 3.77. The van der Waals surface area contributed by atoms with E-state index in [0.29, 0.717) is 21.3 Å². The Morgan fingerprint density at radius 1 is 1.19 bits per heavy atom. The summed E-state index contributed by atoms with van der Waals surface area (Å²) in [7, 11) is 0. The van der Waals surface area contributed by atoms with E-state index in [1.165, 1.54) is 0 Å². The maximum Gasteiger partial charge on any atom is 0.272 e. The van der Waals surface area contributed by atoms with E-state index < -0.39 is 0 Å². The Labute approximate surface area is 131 Å². The van der Waals surface area contributed by atoms with Crippen LogP contribution in [-0.4, -0.2) is 11.6 Å². The van der Waals surface area contributed by atoms with E-state index >= 15 is 0 Å². The number of carbonyl (C=O) groups is 1. The first kappa shape index (κ1) is 14.9. The Morgan fingerprint density at radius 3 is 2.48 bits per heavy atom. The SMILES string of the molecule is C/C(=N\NC(=O)c1ccccc1Br)c1ccc(C#N)cc1. The van der Waals surface area contributed by atoms with E-state index in [0.717, 1.165) is 5.56 Å². The lowest BCUT2D eigenvalue weighted by atomic mass is 10.1. The van der Waals surface area contributed by atoms with Crippen LogP contribution in [0.1, 0.15) is 28.4 Å². The van der Waals surface area contributed by atoms with Crippen molar-refractivity contribution in [2.75, 3.05) is 0 Å². The smallest absolute Gasteiger partial charge is 0.267 e. The van der Waals surface area contributed by atoms with Crippen molar-refractivity contribution in [3.05, 3.63) is 69.7 Å². The topological polar surface area (TPSA) is 65.2 Å². The Bertz CT molecular complexity index is 730. The molecule has 0 aliphatic heterocycles. The van der Waals surface area contributed by atoms with Gasteiger partial charge in [-0.25, -0.2) is 5.43 Å². The fraction of sp³-hybridized carbons (Fsp3) is 0.0625. The number of nitrogens with zero attached hydrogens (tertiary/aromatic N) is 2. The highest BCUT2D eigenvalue weighted by Crippen LogP contribution is 2.15. The average molecular weight is 342 g/mol. The Kier molecular flexibility index (Phi) is 4.85. The molecule has 4 nitrogen and oxygen atoms in total. The Morgan fingerprint density at radius 2 is 1.86 bits per heavy atom. The fourth-order valence-electron chi connectivity index (χ4n) is 1.69. The maximum absolute atomic E-state index is 12.0. The number of benzene rings is 2. The van der Waals surface area contributed by atoms with E-state index in [9.17, 15) is 4.79 Å². The van der Waals surface area contributed by atoms with Crippen molar-refractivity contribution in [2.24, 2.45) is 5.10 Å². The van der Waals surface area contributed by atoms with Crippen molar-refractivity contribution in [2.45, 2.75) is 6.92 Å². The van der Waals surface area contributed by atoms with Crippen molar-refractivity contribution >= 4 is 27.5 Å². The quantitative estimate of drug-likeness (QED) is 0.686. The third-order valence-corrected chi connectivity index (χ3v) is 3.57. The number of hydrazone groups is 1. The molecule has 1 N–H and O–H groups in total. The third-order valence-electron chi connectivity index (χ3n) is 2.88. The number of carbonyl (C=O) groups excluding carboxylic acids is 1. The molecule has 5 heteroatoms. The molecule has 0 unspecified atom stereocenters. The van der Waals surface area contributed by atoms with Crippen LogP contribution in [0, 0.1) is 11.3 Å². The molecule has 0 spiro atoms. The van der Waals surface area contributed by atoms with Gasteiger partial charge < -0.3 is 0 Å². The molecule has 0 fully saturated rings. The van der Waals surface area contributed by atoms with Gasteiger partial charge in [0.25, 0.3) is 5.91 Å². The first-order valence-electron chi connectivity index (χ1n) is 6.21. The standard InChI is InChI=1S/C16H12BrN3O/c1-11(13-8-6-12(10-18)7-9-13)19-20-16(21)14-4-2-3-5-15(14)17/h2-9H,1H3,(H,20,21)/b19-11+. The molecule has 0 atom stereocenters. The molecule has 0 radical (unpaired) electrons. The second-order valence-electron chi connectivity index (χ2n) is 4.31. The summed E-state index contributed by atoms with van der Waals surface area (Å²) in [6.07, 6.45) is 0. The van der Waals surface area contributed by atoms with Crippen LogP contribution in [0.15, 0.2) is 58.1 Å². The molecule has 0 aliphatic carbocycles.